The van der Waals surface area contributed by atoms with Crippen molar-refractivity contribution in [3.05, 3.63) is 58.3 Å². The van der Waals surface area contributed by atoms with Gasteiger partial charge in [0.2, 0.25) is 5.91 Å². The summed E-state index contributed by atoms with van der Waals surface area (Å²) in [6, 6.07) is 14.7. The fourth-order valence-corrected chi connectivity index (χ4v) is 3.45. The number of carbonyl (C=O) groups is 1. The largest absolute Gasteiger partial charge is 0.335 e. The van der Waals surface area contributed by atoms with Gasteiger partial charge in [-0.2, -0.15) is 0 Å². The normalized spacial score (nSPS) is 18.7. The van der Waals surface area contributed by atoms with Crippen LogP contribution in [-0.4, -0.2) is 17.4 Å². The van der Waals surface area contributed by atoms with E-state index in [9.17, 15) is 4.79 Å². The molecule has 2 aromatic rings. The van der Waals surface area contributed by atoms with Crippen LogP contribution in [0.25, 0.3) is 0 Å². The molecule has 2 heterocycles. The topological polar surface area (TPSA) is 20.3 Å². The smallest absolute Gasteiger partial charge is 0.228 e. The van der Waals surface area contributed by atoms with Gasteiger partial charge in [0.05, 0.1) is 12.5 Å². The predicted octanol–water partition coefficient (Wildman–Crippen LogP) is 3.65. The Morgan fingerprint density at radius 1 is 1.21 bits per heavy atom. The average Bonchev–Trinajstić information content (AvgIpc) is 3.10. The molecule has 0 spiro atoms. The molecule has 3 rings (SSSR count). The molecule has 1 saturated heterocycles. The lowest BCUT2D eigenvalue weighted by molar-refractivity contribution is -0.131. The molecule has 1 aromatic carbocycles. The third-order valence-electron chi connectivity index (χ3n) is 3.66. The Labute approximate surface area is 117 Å². The number of nitrogens with zero attached hydrogens (tertiary/aromatic N) is 1. The first-order chi connectivity index (χ1) is 9.34. The molecule has 19 heavy (non-hydrogen) atoms. The van der Waals surface area contributed by atoms with Gasteiger partial charge in [0.1, 0.15) is 0 Å². The molecule has 1 fully saturated rings. The van der Waals surface area contributed by atoms with E-state index in [1.54, 1.807) is 11.3 Å². The Morgan fingerprint density at radius 2 is 2.05 bits per heavy atom. The molecule has 1 aliphatic rings. The minimum absolute atomic E-state index is 0.258. The molecule has 98 valence electrons. The van der Waals surface area contributed by atoms with E-state index in [0.717, 1.165) is 24.3 Å². The average molecular weight is 271 g/mol. The highest BCUT2D eigenvalue weighted by Crippen LogP contribution is 2.32. The zero-order chi connectivity index (χ0) is 13.1. The van der Waals surface area contributed by atoms with Crippen LogP contribution < -0.4 is 0 Å². The lowest BCUT2D eigenvalue weighted by Gasteiger charge is -2.25. The Bertz CT molecular complexity index is 535. The van der Waals surface area contributed by atoms with Crippen molar-refractivity contribution in [3.8, 4) is 0 Å². The summed E-state index contributed by atoms with van der Waals surface area (Å²) in [7, 11) is 0. The minimum atomic E-state index is 0.258. The zero-order valence-electron chi connectivity index (χ0n) is 10.8. The molecule has 1 amide bonds. The fraction of sp³-hybridized carbons (Fsp3) is 0.312. The zero-order valence-corrected chi connectivity index (χ0v) is 11.6. The molecule has 0 radical (unpaired) electrons. The van der Waals surface area contributed by atoms with Crippen molar-refractivity contribution in [2.24, 2.45) is 0 Å². The molecule has 0 saturated carbocycles. The van der Waals surface area contributed by atoms with Crippen LogP contribution >= 0.6 is 11.3 Å². The van der Waals surface area contributed by atoms with E-state index in [1.165, 1.54) is 5.56 Å². The van der Waals surface area contributed by atoms with Gasteiger partial charge in [-0.1, -0.05) is 36.4 Å². The number of likely N-dealkylation sites (tertiary alicyclic amines) is 1. The number of thiophene rings is 1. The van der Waals surface area contributed by atoms with Crippen LogP contribution in [0.2, 0.25) is 0 Å². The van der Waals surface area contributed by atoms with Crippen molar-refractivity contribution in [2.75, 3.05) is 6.54 Å². The van der Waals surface area contributed by atoms with E-state index in [0.29, 0.717) is 6.42 Å². The third-order valence-corrected chi connectivity index (χ3v) is 4.54. The van der Waals surface area contributed by atoms with Crippen molar-refractivity contribution in [3.63, 3.8) is 0 Å². The molecular weight excluding hydrogens is 254 g/mol. The van der Waals surface area contributed by atoms with Gasteiger partial charge in [0.15, 0.2) is 0 Å². The lowest BCUT2D eigenvalue weighted by atomic mass is 10.0. The maximum Gasteiger partial charge on any atom is 0.228 e. The second kappa shape index (κ2) is 5.57. The van der Waals surface area contributed by atoms with E-state index in [4.69, 9.17) is 0 Å². The molecule has 1 atom stereocenters. The van der Waals surface area contributed by atoms with Crippen molar-refractivity contribution >= 4 is 17.2 Å². The van der Waals surface area contributed by atoms with Crippen LogP contribution in [0.3, 0.4) is 0 Å². The van der Waals surface area contributed by atoms with E-state index in [-0.39, 0.29) is 11.9 Å². The van der Waals surface area contributed by atoms with Crippen molar-refractivity contribution in [1.82, 2.24) is 4.90 Å². The second-order valence-corrected chi connectivity index (χ2v) is 5.94. The number of carbonyl (C=O) groups excluding carboxylic acids is 1. The number of amides is 1. The number of hydrogen-bond donors (Lipinski definition) is 0. The van der Waals surface area contributed by atoms with E-state index >= 15 is 0 Å². The van der Waals surface area contributed by atoms with Gasteiger partial charge in [-0.3, -0.25) is 4.79 Å². The SMILES string of the molecule is O=C(Cc1cccs1)N1CCCC1c1ccccc1. The Hall–Kier alpha value is -1.61. The van der Waals surface area contributed by atoms with Crippen molar-refractivity contribution in [1.29, 1.82) is 0 Å². The quantitative estimate of drug-likeness (QED) is 0.834. The molecule has 2 nitrogen and oxygen atoms in total. The summed E-state index contributed by atoms with van der Waals surface area (Å²) in [4.78, 5) is 15.6. The van der Waals surface area contributed by atoms with Gasteiger partial charge in [0, 0.05) is 11.4 Å². The second-order valence-electron chi connectivity index (χ2n) is 4.91. The standard InChI is InChI=1S/C16H17NOS/c18-16(12-14-8-5-11-19-14)17-10-4-9-15(17)13-6-2-1-3-7-13/h1-3,5-8,11,15H,4,9-10,12H2. The predicted molar refractivity (Wildman–Crippen MR) is 78.2 cm³/mol. The summed E-state index contributed by atoms with van der Waals surface area (Å²) in [5.41, 5.74) is 1.26. The maximum absolute atomic E-state index is 12.4. The molecule has 0 aliphatic carbocycles. The highest BCUT2D eigenvalue weighted by molar-refractivity contribution is 7.10. The van der Waals surface area contributed by atoms with Crippen LogP contribution in [-0.2, 0) is 11.2 Å². The summed E-state index contributed by atoms with van der Waals surface area (Å²) in [6.45, 7) is 0.893. The van der Waals surface area contributed by atoms with Gasteiger partial charge in [0.25, 0.3) is 0 Å². The molecule has 3 heteroatoms. The summed E-state index contributed by atoms with van der Waals surface area (Å²) in [6.07, 6.45) is 2.73. The Balaban J connectivity index is 1.74. The van der Waals surface area contributed by atoms with E-state index < -0.39 is 0 Å². The van der Waals surface area contributed by atoms with E-state index in [1.807, 2.05) is 23.6 Å². The third kappa shape index (κ3) is 2.71. The summed E-state index contributed by atoms with van der Waals surface area (Å²) >= 11 is 1.66. The Kier molecular flexibility index (Phi) is 3.65. The van der Waals surface area contributed by atoms with Gasteiger partial charge in [-0.15, -0.1) is 11.3 Å². The molecule has 0 N–H and O–H groups in total. The fourth-order valence-electron chi connectivity index (χ4n) is 2.75. The summed E-state index contributed by atoms with van der Waals surface area (Å²) in [5.74, 6) is 0.258. The molecule has 1 unspecified atom stereocenters. The summed E-state index contributed by atoms with van der Waals surface area (Å²) in [5, 5.41) is 2.03. The maximum atomic E-state index is 12.4. The number of benzene rings is 1. The van der Waals surface area contributed by atoms with Gasteiger partial charge in [-0.05, 0) is 29.9 Å². The molecular formula is C16H17NOS. The number of rotatable bonds is 3. The summed E-state index contributed by atoms with van der Waals surface area (Å²) < 4.78 is 0. The monoisotopic (exact) mass is 271 g/mol. The van der Waals surface area contributed by atoms with Crippen LogP contribution in [0.1, 0.15) is 29.3 Å². The highest BCUT2D eigenvalue weighted by atomic mass is 32.1. The van der Waals surface area contributed by atoms with Crippen molar-refractivity contribution < 1.29 is 4.79 Å². The molecule has 1 aromatic heterocycles. The lowest BCUT2D eigenvalue weighted by Crippen LogP contribution is -2.31. The van der Waals surface area contributed by atoms with Crippen LogP contribution in [0.5, 0.6) is 0 Å². The minimum Gasteiger partial charge on any atom is -0.335 e. The Morgan fingerprint density at radius 3 is 2.79 bits per heavy atom. The van der Waals surface area contributed by atoms with Crippen LogP contribution in [0.15, 0.2) is 47.8 Å². The van der Waals surface area contributed by atoms with Crippen LogP contribution in [0.4, 0.5) is 0 Å². The van der Waals surface area contributed by atoms with E-state index in [2.05, 4.69) is 29.2 Å². The number of hydrogen-bond acceptors (Lipinski definition) is 2. The first kappa shape index (κ1) is 12.4. The molecule has 0 bridgehead atoms. The van der Waals surface area contributed by atoms with Gasteiger partial charge in [-0.25, -0.2) is 0 Å². The molecule has 1 aliphatic heterocycles. The van der Waals surface area contributed by atoms with Crippen LogP contribution in [0, 0.1) is 0 Å². The van der Waals surface area contributed by atoms with Gasteiger partial charge >= 0.3 is 0 Å². The first-order valence-electron chi connectivity index (χ1n) is 6.71. The first-order valence-corrected chi connectivity index (χ1v) is 7.59. The van der Waals surface area contributed by atoms with Crippen molar-refractivity contribution in [2.45, 2.75) is 25.3 Å². The van der Waals surface area contributed by atoms with Gasteiger partial charge < -0.3 is 4.90 Å². The highest BCUT2D eigenvalue weighted by Gasteiger charge is 2.29.